The molecule has 0 saturated carbocycles. The van der Waals surface area contributed by atoms with Crippen molar-refractivity contribution in [3.63, 3.8) is 0 Å². The fraction of sp³-hybridized carbons (Fsp3) is 0.286. The summed E-state index contributed by atoms with van der Waals surface area (Å²) in [4.78, 5) is 12.0. The van der Waals surface area contributed by atoms with E-state index in [2.05, 4.69) is 5.32 Å². The second-order valence-corrected chi connectivity index (χ2v) is 3.99. The van der Waals surface area contributed by atoms with Crippen LogP contribution in [0.15, 0.2) is 17.5 Å². The number of thiophene rings is 1. The quantitative estimate of drug-likeness (QED) is 0.479. The van der Waals surface area contributed by atoms with Gasteiger partial charge in [-0.3, -0.25) is 4.79 Å². The molecule has 1 rings (SSSR count). The molecule has 14 heavy (non-hydrogen) atoms. The zero-order valence-electron chi connectivity index (χ0n) is 7.38. The molecule has 78 valence electrons. The van der Waals surface area contributed by atoms with Crippen LogP contribution in [-0.2, 0) is 11.2 Å². The van der Waals surface area contributed by atoms with Crippen LogP contribution >= 0.6 is 11.3 Å². The van der Waals surface area contributed by atoms with Crippen LogP contribution in [0.4, 0.5) is 0 Å². The fourth-order valence-corrected chi connectivity index (χ4v) is 1.59. The molecule has 0 aliphatic heterocycles. The SMILES string of the molecule is O=C(Cc1cccs1)NC[B-](O)(O)O. The normalized spacial score (nSPS) is 11.4. The molecule has 0 aromatic carbocycles. The molecule has 7 heteroatoms. The molecule has 0 unspecified atom stereocenters. The van der Waals surface area contributed by atoms with Crippen LogP contribution in [0.25, 0.3) is 0 Å². The summed E-state index contributed by atoms with van der Waals surface area (Å²) in [5.74, 6) is -0.351. The van der Waals surface area contributed by atoms with E-state index < -0.39 is 13.2 Å². The molecule has 4 N–H and O–H groups in total. The van der Waals surface area contributed by atoms with Crippen molar-refractivity contribution in [2.24, 2.45) is 0 Å². The zero-order chi connectivity index (χ0) is 10.6. The molecule has 0 aliphatic rings. The summed E-state index contributed by atoms with van der Waals surface area (Å²) in [6.07, 6.45) is -0.353. The Morgan fingerprint density at radius 3 is 2.71 bits per heavy atom. The van der Waals surface area contributed by atoms with Gasteiger partial charge in [-0.1, -0.05) is 6.07 Å². The van der Waals surface area contributed by atoms with Crippen molar-refractivity contribution in [1.82, 2.24) is 5.32 Å². The lowest BCUT2D eigenvalue weighted by molar-refractivity contribution is -0.120. The number of carbonyl (C=O) groups excluding carboxylic acids is 1. The number of nitrogens with one attached hydrogen (secondary N) is 1. The number of amides is 1. The molecule has 5 nitrogen and oxygen atoms in total. The molecule has 0 atom stereocenters. The lowest BCUT2D eigenvalue weighted by Gasteiger charge is -2.20. The summed E-state index contributed by atoms with van der Waals surface area (Å²) in [6, 6.07) is 3.63. The summed E-state index contributed by atoms with van der Waals surface area (Å²) in [6.45, 7) is -3.43. The van der Waals surface area contributed by atoms with Gasteiger partial charge in [-0.2, -0.15) is 0 Å². The Kier molecular flexibility index (Phi) is 3.65. The molecule has 0 fully saturated rings. The molecule has 0 bridgehead atoms. The first-order valence-electron chi connectivity index (χ1n) is 4.09. The van der Waals surface area contributed by atoms with Crippen molar-refractivity contribution < 1.29 is 19.9 Å². The Morgan fingerprint density at radius 2 is 2.21 bits per heavy atom. The van der Waals surface area contributed by atoms with E-state index in [0.717, 1.165) is 4.88 Å². The maximum absolute atomic E-state index is 11.1. The molecule has 0 aliphatic carbocycles. The lowest BCUT2D eigenvalue weighted by atomic mass is 9.81. The van der Waals surface area contributed by atoms with Gasteiger partial charge < -0.3 is 20.4 Å². The number of carbonyl (C=O) groups is 1. The maximum atomic E-state index is 11.1. The first kappa shape index (κ1) is 11.2. The third-order valence-electron chi connectivity index (χ3n) is 1.49. The highest BCUT2D eigenvalue weighted by Crippen LogP contribution is 2.08. The summed E-state index contributed by atoms with van der Waals surface area (Å²) in [5, 5.41) is 29.7. The summed E-state index contributed by atoms with van der Waals surface area (Å²) in [5.41, 5.74) is 0. The van der Waals surface area contributed by atoms with Crippen molar-refractivity contribution in [2.45, 2.75) is 6.42 Å². The highest BCUT2D eigenvalue weighted by atomic mass is 32.1. The maximum Gasteiger partial charge on any atom is 0.390 e. The molecule has 1 aromatic rings. The summed E-state index contributed by atoms with van der Waals surface area (Å²) in [7, 11) is 0. The van der Waals surface area contributed by atoms with Gasteiger partial charge in [0.05, 0.1) is 6.42 Å². The van der Waals surface area contributed by atoms with Gasteiger partial charge in [-0.25, -0.2) is 0 Å². The largest absolute Gasteiger partial charge is 0.559 e. The average molecular weight is 216 g/mol. The van der Waals surface area contributed by atoms with Gasteiger partial charge in [0.25, 0.3) is 0 Å². The molecule has 0 saturated heterocycles. The molecule has 0 radical (unpaired) electrons. The van der Waals surface area contributed by atoms with Gasteiger partial charge in [0, 0.05) is 4.88 Å². The fourth-order valence-electron chi connectivity index (χ4n) is 0.885. The van der Waals surface area contributed by atoms with E-state index in [-0.39, 0.29) is 12.3 Å². The minimum Gasteiger partial charge on any atom is -0.559 e. The van der Waals surface area contributed by atoms with Gasteiger partial charge >= 0.3 is 6.75 Å². The van der Waals surface area contributed by atoms with Crippen LogP contribution in [0.5, 0.6) is 0 Å². The Balaban J connectivity index is 2.30. The van der Waals surface area contributed by atoms with Crippen molar-refractivity contribution >= 4 is 24.0 Å². The van der Waals surface area contributed by atoms with Crippen molar-refractivity contribution in [2.75, 3.05) is 6.44 Å². The smallest absolute Gasteiger partial charge is 0.390 e. The second kappa shape index (κ2) is 4.56. The van der Waals surface area contributed by atoms with Crippen molar-refractivity contribution in [3.05, 3.63) is 22.4 Å². The Bertz CT molecular complexity index is 295. The molecule has 1 aromatic heterocycles. The van der Waals surface area contributed by atoms with Crippen LogP contribution in [0.2, 0.25) is 0 Å². The minimum absolute atomic E-state index is 0.184. The summed E-state index contributed by atoms with van der Waals surface area (Å²) >= 11 is 1.44. The standard InChI is InChI=1S/C7H11BNO4S/c10-7(9-5-8(11,12)13)4-6-2-1-3-14-6/h1-3,11-13H,4-5H2,(H,9,10)/q-1. The Labute approximate surface area is 85.0 Å². The van der Waals surface area contributed by atoms with E-state index in [4.69, 9.17) is 15.1 Å². The van der Waals surface area contributed by atoms with E-state index in [1.165, 1.54) is 11.3 Å². The van der Waals surface area contributed by atoms with Gasteiger partial charge in [0.2, 0.25) is 5.91 Å². The number of hydrogen-bond acceptors (Lipinski definition) is 5. The molecule has 1 heterocycles. The van der Waals surface area contributed by atoms with E-state index in [1.807, 2.05) is 11.4 Å². The molecule has 0 spiro atoms. The van der Waals surface area contributed by atoms with E-state index >= 15 is 0 Å². The number of hydrogen-bond donors (Lipinski definition) is 4. The van der Waals surface area contributed by atoms with Gasteiger partial charge in [0.15, 0.2) is 0 Å². The Morgan fingerprint density at radius 1 is 1.50 bits per heavy atom. The molecular weight excluding hydrogens is 205 g/mol. The third-order valence-corrected chi connectivity index (χ3v) is 2.36. The van der Waals surface area contributed by atoms with Gasteiger partial charge in [-0.05, 0) is 17.9 Å². The predicted molar refractivity (Wildman–Crippen MR) is 53.4 cm³/mol. The van der Waals surface area contributed by atoms with Crippen LogP contribution in [-0.4, -0.2) is 34.2 Å². The predicted octanol–water partition coefficient (Wildman–Crippen LogP) is -1.14. The Hall–Kier alpha value is -0.885. The second-order valence-electron chi connectivity index (χ2n) is 2.95. The van der Waals surface area contributed by atoms with Crippen molar-refractivity contribution in [1.29, 1.82) is 0 Å². The van der Waals surface area contributed by atoms with E-state index in [0.29, 0.717) is 0 Å². The van der Waals surface area contributed by atoms with Crippen LogP contribution in [0.1, 0.15) is 4.88 Å². The third kappa shape index (κ3) is 4.38. The first-order valence-corrected chi connectivity index (χ1v) is 4.97. The molecule has 1 amide bonds. The van der Waals surface area contributed by atoms with Crippen molar-refractivity contribution in [3.8, 4) is 0 Å². The van der Waals surface area contributed by atoms with Gasteiger partial charge in [-0.15, -0.1) is 11.3 Å². The minimum atomic E-state index is -3.43. The first-order chi connectivity index (χ1) is 6.47. The van der Waals surface area contributed by atoms with E-state index in [9.17, 15) is 4.79 Å². The summed E-state index contributed by atoms with van der Waals surface area (Å²) < 4.78 is 0. The molecular formula is C7H11BNO4S-. The van der Waals surface area contributed by atoms with Crippen LogP contribution < -0.4 is 5.32 Å². The average Bonchev–Trinajstić information content (AvgIpc) is 2.52. The zero-order valence-corrected chi connectivity index (χ0v) is 8.20. The van der Waals surface area contributed by atoms with E-state index in [1.54, 1.807) is 6.07 Å². The highest BCUT2D eigenvalue weighted by Gasteiger charge is 2.16. The highest BCUT2D eigenvalue weighted by molar-refractivity contribution is 7.10. The van der Waals surface area contributed by atoms with Crippen LogP contribution in [0.3, 0.4) is 0 Å². The van der Waals surface area contributed by atoms with Gasteiger partial charge in [0.1, 0.15) is 0 Å². The lowest BCUT2D eigenvalue weighted by Crippen LogP contribution is -2.48. The monoisotopic (exact) mass is 216 g/mol. The van der Waals surface area contributed by atoms with Crippen LogP contribution in [0, 0.1) is 0 Å². The number of rotatable bonds is 4. The topological polar surface area (TPSA) is 89.8 Å².